The van der Waals surface area contributed by atoms with E-state index in [4.69, 9.17) is 0 Å². The van der Waals surface area contributed by atoms with Gasteiger partial charge in [-0.2, -0.15) is 0 Å². The lowest BCUT2D eigenvalue weighted by Gasteiger charge is -2.13. The van der Waals surface area contributed by atoms with Crippen LogP contribution in [0.2, 0.25) is 0 Å². The minimum Gasteiger partial charge on any atom is -0.357 e. The molecule has 3 rings (SSSR count). The molecule has 1 unspecified atom stereocenters. The summed E-state index contributed by atoms with van der Waals surface area (Å²) in [6, 6.07) is -0.0205. The van der Waals surface area contributed by atoms with Gasteiger partial charge in [-0.25, -0.2) is 4.98 Å². The molecule has 0 fully saturated rings. The quantitative estimate of drug-likeness (QED) is 0.719. The van der Waals surface area contributed by atoms with Crippen LogP contribution in [0.15, 0.2) is 25.0 Å². The average Bonchev–Trinajstić information content (AvgIpc) is 2.97. The summed E-state index contributed by atoms with van der Waals surface area (Å²) in [5.41, 5.74) is 0.687. The Morgan fingerprint density at radius 3 is 2.83 bits per heavy atom. The van der Waals surface area contributed by atoms with Gasteiger partial charge in [0, 0.05) is 19.4 Å². The Bertz CT molecular complexity index is 669. The van der Waals surface area contributed by atoms with Crippen molar-refractivity contribution in [1.82, 2.24) is 34.3 Å². The predicted molar refractivity (Wildman–Crippen MR) is 63.8 cm³/mol. The van der Waals surface area contributed by atoms with Crippen molar-refractivity contribution in [3.8, 4) is 0 Å². The molecular formula is C10H12N8. The standard InChI is InChI=1S/C10H12N8/c1-7(9-15-12-5-17(9)2)14-8-10-16-13-6-18(10)4-3-11-8/h3-7H,1-2H3,(H,11,14). The average molecular weight is 244 g/mol. The highest BCUT2D eigenvalue weighted by molar-refractivity contribution is 5.61. The van der Waals surface area contributed by atoms with Gasteiger partial charge in [0.25, 0.3) is 0 Å². The molecule has 0 bridgehead atoms. The molecule has 3 aromatic rings. The fourth-order valence-corrected chi connectivity index (χ4v) is 1.81. The van der Waals surface area contributed by atoms with Crippen LogP contribution in [0.3, 0.4) is 0 Å². The van der Waals surface area contributed by atoms with Crippen LogP contribution in [0.25, 0.3) is 5.65 Å². The molecule has 3 aromatic heterocycles. The van der Waals surface area contributed by atoms with Crippen molar-refractivity contribution in [2.75, 3.05) is 5.32 Å². The van der Waals surface area contributed by atoms with E-state index >= 15 is 0 Å². The highest BCUT2D eigenvalue weighted by Gasteiger charge is 2.14. The first-order valence-corrected chi connectivity index (χ1v) is 5.50. The van der Waals surface area contributed by atoms with E-state index in [1.165, 1.54) is 0 Å². The zero-order valence-corrected chi connectivity index (χ0v) is 10.0. The normalized spacial score (nSPS) is 12.8. The van der Waals surface area contributed by atoms with Crippen LogP contribution in [-0.2, 0) is 7.05 Å². The van der Waals surface area contributed by atoms with Crippen LogP contribution in [0.5, 0.6) is 0 Å². The smallest absolute Gasteiger partial charge is 0.203 e. The Labute approximate surface area is 103 Å². The van der Waals surface area contributed by atoms with Crippen LogP contribution in [-0.4, -0.2) is 34.3 Å². The molecule has 0 aliphatic rings. The van der Waals surface area contributed by atoms with E-state index in [9.17, 15) is 0 Å². The van der Waals surface area contributed by atoms with E-state index in [0.717, 1.165) is 5.82 Å². The van der Waals surface area contributed by atoms with Gasteiger partial charge in [-0.3, -0.25) is 4.40 Å². The lowest BCUT2D eigenvalue weighted by Crippen LogP contribution is -2.13. The second-order valence-corrected chi connectivity index (χ2v) is 4.00. The third-order valence-corrected chi connectivity index (χ3v) is 2.70. The van der Waals surface area contributed by atoms with Crippen molar-refractivity contribution in [3.05, 3.63) is 30.9 Å². The molecule has 0 saturated heterocycles. The van der Waals surface area contributed by atoms with Gasteiger partial charge in [0.1, 0.15) is 12.7 Å². The molecule has 0 amide bonds. The lowest BCUT2D eigenvalue weighted by molar-refractivity contribution is 0.716. The Hall–Kier alpha value is -2.51. The first-order valence-electron chi connectivity index (χ1n) is 5.50. The molecule has 8 heteroatoms. The van der Waals surface area contributed by atoms with Gasteiger partial charge < -0.3 is 9.88 Å². The van der Waals surface area contributed by atoms with Crippen LogP contribution in [0.4, 0.5) is 5.82 Å². The highest BCUT2D eigenvalue weighted by atomic mass is 15.3. The predicted octanol–water partition coefficient (Wildman–Crippen LogP) is 0.426. The molecular weight excluding hydrogens is 232 g/mol. The maximum atomic E-state index is 4.27. The second kappa shape index (κ2) is 4.06. The van der Waals surface area contributed by atoms with Gasteiger partial charge in [-0.15, -0.1) is 20.4 Å². The molecule has 92 valence electrons. The fraction of sp³-hybridized carbons (Fsp3) is 0.300. The minimum absolute atomic E-state index is 0.0205. The number of aromatic nitrogens is 7. The fourth-order valence-electron chi connectivity index (χ4n) is 1.81. The first-order chi connectivity index (χ1) is 8.75. The first kappa shape index (κ1) is 10.6. The van der Waals surface area contributed by atoms with Crippen LogP contribution in [0.1, 0.15) is 18.8 Å². The van der Waals surface area contributed by atoms with Crippen molar-refractivity contribution in [3.63, 3.8) is 0 Å². The minimum atomic E-state index is -0.0205. The maximum absolute atomic E-state index is 4.27. The SMILES string of the molecule is CC(Nc1nccn2cnnc12)c1nncn1C. The molecule has 1 atom stereocenters. The van der Waals surface area contributed by atoms with E-state index < -0.39 is 0 Å². The van der Waals surface area contributed by atoms with Gasteiger partial charge in [0.2, 0.25) is 5.65 Å². The molecule has 0 aromatic carbocycles. The third-order valence-electron chi connectivity index (χ3n) is 2.70. The molecule has 18 heavy (non-hydrogen) atoms. The number of hydrogen-bond acceptors (Lipinski definition) is 6. The maximum Gasteiger partial charge on any atom is 0.203 e. The van der Waals surface area contributed by atoms with Gasteiger partial charge >= 0.3 is 0 Å². The summed E-state index contributed by atoms with van der Waals surface area (Å²) in [5.74, 6) is 1.50. The molecule has 0 spiro atoms. The second-order valence-electron chi connectivity index (χ2n) is 4.00. The van der Waals surface area contributed by atoms with Gasteiger partial charge in [0.15, 0.2) is 11.6 Å². The Morgan fingerprint density at radius 2 is 2.06 bits per heavy atom. The van der Waals surface area contributed by atoms with Crippen LogP contribution in [0, 0.1) is 0 Å². The lowest BCUT2D eigenvalue weighted by atomic mass is 10.3. The molecule has 3 heterocycles. The topological polar surface area (TPSA) is 85.8 Å². The van der Waals surface area contributed by atoms with Crippen molar-refractivity contribution < 1.29 is 0 Å². The van der Waals surface area contributed by atoms with Crippen molar-refractivity contribution in [1.29, 1.82) is 0 Å². The van der Waals surface area contributed by atoms with E-state index in [2.05, 4.69) is 30.7 Å². The summed E-state index contributed by atoms with van der Waals surface area (Å²) in [4.78, 5) is 4.27. The summed E-state index contributed by atoms with van der Waals surface area (Å²) >= 11 is 0. The van der Waals surface area contributed by atoms with Crippen LogP contribution >= 0.6 is 0 Å². The molecule has 0 saturated carbocycles. The van der Waals surface area contributed by atoms with E-state index in [-0.39, 0.29) is 6.04 Å². The number of nitrogens with zero attached hydrogens (tertiary/aromatic N) is 7. The zero-order valence-electron chi connectivity index (χ0n) is 10.0. The van der Waals surface area contributed by atoms with Crippen LogP contribution < -0.4 is 5.32 Å². The van der Waals surface area contributed by atoms with Gasteiger partial charge in [-0.05, 0) is 6.92 Å². The molecule has 1 N–H and O–H groups in total. The zero-order chi connectivity index (χ0) is 12.5. The summed E-state index contributed by atoms with van der Waals surface area (Å²) in [6.07, 6.45) is 6.80. The number of rotatable bonds is 3. The summed E-state index contributed by atoms with van der Waals surface area (Å²) in [7, 11) is 1.90. The number of hydrogen-bond donors (Lipinski definition) is 1. The molecule has 8 nitrogen and oxygen atoms in total. The molecule has 0 radical (unpaired) electrons. The molecule has 0 aliphatic heterocycles. The third kappa shape index (κ3) is 1.67. The number of anilines is 1. The van der Waals surface area contributed by atoms with Crippen molar-refractivity contribution in [2.45, 2.75) is 13.0 Å². The van der Waals surface area contributed by atoms with E-state index in [1.807, 2.05) is 18.5 Å². The largest absolute Gasteiger partial charge is 0.357 e. The van der Waals surface area contributed by atoms with Gasteiger partial charge in [-0.1, -0.05) is 0 Å². The van der Waals surface area contributed by atoms with E-state index in [1.54, 1.807) is 29.4 Å². The number of fused-ring (bicyclic) bond motifs is 1. The van der Waals surface area contributed by atoms with Crippen molar-refractivity contribution >= 4 is 11.5 Å². The Morgan fingerprint density at radius 1 is 1.22 bits per heavy atom. The highest BCUT2D eigenvalue weighted by Crippen LogP contribution is 2.17. The number of aryl methyl sites for hydroxylation is 1. The van der Waals surface area contributed by atoms with E-state index in [0.29, 0.717) is 11.5 Å². The van der Waals surface area contributed by atoms with Gasteiger partial charge in [0.05, 0.1) is 6.04 Å². The Kier molecular flexibility index (Phi) is 2.40. The Balaban J connectivity index is 1.93. The summed E-state index contributed by atoms with van der Waals surface area (Å²) in [6.45, 7) is 1.99. The molecule has 0 aliphatic carbocycles. The van der Waals surface area contributed by atoms with Crippen molar-refractivity contribution in [2.24, 2.45) is 7.05 Å². The monoisotopic (exact) mass is 244 g/mol. The number of nitrogens with one attached hydrogen (secondary N) is 1. The summed E-state index contributed by atoms with van der Waals surface area (Å²) in [5, 5.41) is 19.0. The summed E-state index contributed by atoms with van der Waals surface area (Å²) < 4.78 is 3.67.